The summed E-state index contributed by atoms with van der Waals surface area (Å²) in [5.74, 6) is 0.636. The van der Waals surface area contributed by atoms with Gasteiger partial charge in [-0.2, -0.15) is 0 Å². The molecule has 0 bridgehead atoms. The van der Waals surface area contributed by atoms with E-state index in [4.69, 9.17) is 0 Å². The van der Waals surface area contributed by atoms with E-state index in [1.807, 2.05) is 0 Å². The molecule has 4 nitrogen and oxygen atoms in total. The number of amides is 1. The van der Waals surface area contributed by atoms with Gasteiger partial charge in [-0.1, -0.05) is 37.6 Å². The van der Waals surface area contributed by atoms with E-state index in [1.54, 1.807) is 0 Å². The lowest BCUT2D eigenvalue weighted by Crippen LogP contribution is -2.49. The second kappa shape index (κ2) is 8.46. The summed E-state index contributed by atoms with van der Waals surface area (Å²) in [6.45, 7) is 5.96. The van der Waals surface area contributed by atoms with Crippen molar-refractivity contribution >= 4 is 5.91 Å². The van der Waals surface area contributed by atoms with E-state index in [-0.39, 0.29) is 17.4 Å². The molecule has 1 atom stereocenters. The molecule has 2 fully saturated rings. The van der Waals surface area contributed by atoms with E-state index in [2.05, 4.69) is 53.2 Å². The minimum absolute atomic E-state index is 0.108. The zero-order chi connectivity index (χ0) is 21.4. The van der Waals surface area contributed by atoms with Crippen LogP contribution >= 0.6 is 0 Å². The molecule has 1 aromatic carbocycles. The molecule has 2 aliphatic heterocycles. The number of hydrogen-bond donors (Lipinski definition) is 1. The highest BCUT2D eigenvalue weighted by Gasteiger charge is 2.39. The first-order valence-electron chi connectivity index (χ1n) is 12.2. The maximum absolute atomic E-state index is 12.6. The predicted molar refractivity (Wildman–Crippen MR) is 124 cm³/mol. The van der Waals surface area contributed by atoms with Gasteiger partial charge in [-0.15, -0.1) is 0 Å². The van der Waals surface area contributed by atoms with Gasteiger partial charge in [0.1, 0.15) is 0 Å². The van der Waals surface area contributed by atoms with Crippen molar-refractivity contribution in [3.63, 3.8) is 0 Å². The standard InChI is InChI=1S/C27H36N2O2/c1-27(12-16-29(17-13-27)26(31)22-4-2-5-22)25(30)19-20-8-9-21-10-14-28(24-6-3-7-24)15-11-23(21)18-20/h3,6-9,18,22,25,30H,2,4-5,10-17,19H2,1H3. The SMILES string of the molecule is CC1(C(O)Cc2ccc3c(c2)CCN(C2=CC=C2)CC3)CCN(C(=O)C2CCC2)CC1. The first-order valence-corrected chi connectivity index (χ1v) is 12.2. The van der Waals surface area contributed by atoms with Crippen LogP contribution in [0.25, 0.3) is 0 Å². The van der Waals surface area contributed by atoms with Gasteiger partial charge in [-0.05, 0) is 79.2 Å². The molecule has 1 amide bonds. The van der Waals surface area contributed by atoms with Crippen molar-refractivity contribution in [2.24, 2.45) is 11.3 Å². The molecule has 1 aromatic rings. The number of allylic oxidation sites excluding steroid dienone is 3. The number of carbonyl (C=O) groups excluding carboxylic acids is 1. The van der Waals surface area contributed by atoms with Crippen molar-refractivity contribution in [1.82, 2.24) is 9.80 Å². The lowest BCUT2D eigenvalue weighted by Gasteiger charge is -2.44. The average molecular weight is 421 g/mol. The third-order valence-corrected chi connectivity index (χ3v) is 8.38. The molecule has 31 heavy (non-hydrogen) atoms. The number of fused-ring (bicyclic) bond motifs is 1. The van der Waals surface area contributed by atoms with Gasteiger partial charge in [-0.3, -0.25) is 4.79 Å². The van der Waals surface area contributed by atoms with Crippen LogP contribution in [-0.4, -0.2) is 53.1 Å². The Hall–Kier alpha value is -2.07. The largest absolute Gasteiger partial charge is 0.392 e. The van der Waals surface area contributed by atoms with Crippen LogP contribution in [0.1, 0.15) is 55.7 Å². The second-order valence-electron chi connectivity index (χ2n) is 10.4. The van der Waals surface area contributed by atoms with Crippen molar-refractivity contribution in [2.75, 3.05) is 26.2 Å². The number of benzene rings is 1. The molecule has 0 radical (unpaired) electrons. The molecule has 1 unspecified atom stereocenters. The van der Waals surface area contributed by atoms with Crippen molar-refractivity contribution in [1.29, 1.82) is 0 Å². The molecule has 4 heteroatoms. The molecule has 166 valence electrons. The molecule has 1 N–H and O–H groups in total. The van der Waals surface area contributed by atoms with Gasteiger partial charge in [0.2, 0.25) is 5.91 Å². The first kappa shape index (κ1) is 20.8. The maximum Gasteiger partial charge on any atom is 0.225 e. The van der Waals surface area contributed by atoms with Crippen molar-refractivity contribution in [3.8, 4) is 0 Å². The third-order valence-electron chi connectivity index (χ3n) is 8.38. The quantitative estimate of drug-likeness (QED) is 0.786. The molecule has 2 aliphatic carbocycles. The number of carbonyl (C=O) groups is 1. The Kier molecular flexibility index (Phi) is 5.68. The van der Waals surface area contributed by atoms with Crippen molar-refractivity contribution in [3.05, 3.63) is 58.8 Å². The lowest BCUT2D eigenvalue weighted by molar-refractivity contribution is -0.141. The Balaban J connectivity index is 1.18. The molecule has 4 aliphatic rings. The summed E-state index contributed by atoms with van der Waals surface area (Å²) in [7, 11) is 0. The van der Waals surface area contributed by atoms with E-state index in [1.165, 1.54) is 28.8 Å². The Morgan fingerprint density at radius 2 is 1.84 bits per heavy atom. The molecular weight excluding hydrogens is 384 g/mol. The van der Waals surface area contributed by atoms with Crippen LogP contribution in [0, 0.1) is 11.3 Å². The average Bonchev–Trinajstić information content (AvgIpc) is 2.88. The predicted octanol–water partition coefficient (Wildman–Crippen LogP) is 3.87. The van der Waals surface area contributed by atoms with Crippen LogP contribution in [-0.2, 0) is 24.1 Å². The summed E-state index contributed by atoms with van der Waals surface area (Å²) in [4.78, 5) is 17.1. The Bertz CT molecular complexity index is 890. The summed E-state index contributed by atoms with van der Waals surface area (Å²) in [5, 5.41) is 11.2. The van der Waals surface area contributed by atoms with Gasteiger partial charge in [-0.25, -0.2) is 0 Å². The third kappa shape index (κ3) is 4.19. The Morgan fingerprint density at radius 1 is 1.13 bits per heavy atom. The number of piperidine rings is 1. The number of rotatable bonds is 5. The van der Waals surface area contributed by atoms with E-state index in [0.717, 1.165) is 64.7 Å². The second-order valence-corrected chi connectivity index (χ2v) is 10.4. The minimum Gasteiger partial charge on any atom is -0.392 e. The summed E-state index contributed by atoms with van der Waals surface area (Å²) in [6, 6.07) is 6.85. The van der Waals surface area contributed by atoms with Crippen LogP contribution in [0.5, 0.6) is 0 Å². The number of aliphatic hydroxyl groups is 1. The van der Waals surface area contributed by atoms with Crippen LogP contribution in [0.15, 0.2) is 42.1 Å². The van der Waals surface area contributed by atoms with Crippen LogP contribution in [0.3, 0.4) is 0 Å². The van der Waals surface area contributed by atoms with Gasteiger partial charge in [0.05, 0.1) is 6.10 Å². The molecule has 1 saturated carbocycles. The van der Waals surface area contributed by atoms with Crippen molar-refractivity contribution in [2.45, 2.75) is 64.4 Å². The number of aliphatic hydroxyl groups excluding tert-OH is 1. The molecule has 5 rings (SSSR count). The van der Waals surface area contributed by atoms with E-state index in [0.29, 0.717) is 12.3 Å². The highest BCUT2D eigenvalue weighted by Crippen LogP contribution is 2.38. The maximum atomic E-state index is 12.6. The summed E-state index contributed by atoms with van der Waals surface area (Å²) in [5.41, 5.74) is 5.40. The highest BCUT2D eigenvalue weighted by atomic mass is 16.3. The Morgan fingerprint density at radius 3 is 2.45 bits per heavy atom. The fraction of sp³-hybridized carbons (Fsp3) is 0.593. The summed E-state index contributed by atoms with van der Waals surface area (Å²) in [6.07, 6.45) is 14.1. The van der Waals surface area contributed by atoms with E-state index < -0.39 is 0 Å². The van der Waals surface area contributed by atoms with Crippen molar-refractivity contribution < 1.29 is 9.90 Å². The van der Waals surface area contributed by atoms with Gasteiger partial charge >= 0.3 is 0 Å². The molecule has 2 heterocycles. The Labute approximate surface area is 186 Å². The zero-order valence-electron chi connectivity index (χ0n) is 18.9. The van der Waals surface area contributed by atoms with Gasteiger partial charge in [0.15, 0.2) is 0 Å². The van der Waals surface area contributed by atoms with E-state index in [9.17, 15) is 9.90 Å². The fourth-order valence-electron chi connectivity index (χ4n) is 5.51. The molecule has 0 aromatic heterocycles. The monoisotopic (exact) mass is 420 g/mol. The zero-order valence-corrected chi connectivity index (χ0v) is 18.9. The van der Waals surface area contributed by atoms with Gasteiger partial charge in [0, 0.05) is 37.8 Å². The van der Waals surface area contributed by atoms with Crippen LogP contribution in [0.2, 0.25) is 0 Å². The van der Waals surface area contributed by atoms with Crippen LogP contribution < -0.4 is 0 Å². The first-order chi connectivity index (χ1) is 15.0. The highest BCUT2D eigenvalue weighted by molar-refractivity contribution is 5.79. The molecule has 0 spiro atoms. The smallest absolute Gasteiger partial charge is 0.225 e. The topological polar surface area (TPSA) is 43.8 Å². The molecular formula is C27H36N2O2. The lowest BCUT2D eigenvalue weighted by atomic mass is 9.73. The van der Waals surface area contributed by atoms with Crippen LogP contribution in [0.4, 0.5) is 0 Å². The fourth-order valence-corrected chi connectivity index (χ4v) is 5.51. The van der Waals surface area contributed by atoms with Gasteiger partial charge in [0.25, 0.3) is 0 Å². The number of nitrogens with zero attached hydrogens (tertiary/aromatic N) is 2. The number of hydrogen-bond acceptors (Lipinski definition) is 3. The number of likely N-dealkylation sites (tertiary alicyclic amines) is 1. The minimum atomic E-state index is -0.362. The molecule has 1 saturated heterocycles. The van der Waals surface area contributed by atoms with Gasteiger partial charge < -0.3 is 14.9 Å². The summed E-state index contributed by atoms with van der Waals surface area (Å²) < 4.78 is 0. The normalized spacial score (nSPS) is 23.9. The van der Waals surface area contributed by atoms with E-state index >= 15 is 0 Å². The summed E-state index contributed by atoms with van der Waals surface area (Å²) >= 11 is 0.